The van der Waals surface area contributed by atoms with Gasteiger partial charge in [0.05, 0.1) is 0 Å². The van der Waals surface area contributed by atoms with Crippen molar-refractivity contribution in [3.63, 3.8) is 0 Å². The summed E-state index contributed by atoms with van der Waals surface area (Å²) in [4.78, 5) is 0. The molecule has 17 heavy (non-hydrogen) atoms. The first-order valence-corrected chi connectivity index (χ1v) is 7.10. The molecular weight excluding hydrogens is 210 g/mol. The van der Waals surface area contributed by atoms with Crippen LogP contribution in [0.25, 0.3) is 0 Å². The predicted octanol–water partition coefficient (Wildman–Crippen LogP) is 3.14. The van der Waals surface area contributed by atoms with Crippen molar-refractivity contribution in [3.8, 4) is 0 Å². The smallest absolute Gasteiger partial charge is 0.0483 e. The highest BCUT2D eigenvalue weighted by Crippen LogP contribution is 2.30. The fourth-order valence-electron chi connectivity index (χ4n) is 3.09. The molecule has 1 fully saturated rings. The minimum atomic E-state index is 0.301. The van der Waals surface area contributed by atoms with Crippen LogP contribution in [-0.4, -0.2) is 25.3 Å². The third-order valence-electron chi connectivity index (χ3n) is 4.71. The maximum absolute atomic E-state index is 5.45. The Morgan fingerprint density at radius 2 is 2.12 bits per heavy atom. The monoisotopic (exact) mass is 237 g/mol. The highest BCUT2D eigenvalue weighted by atomic mass is 16.5. The molecule has 2 nitrogen and oxygen atoms in total. The number of hydrogen-bond donors (Lipinski definition) is 1. The second-order valence-corrected chi connectivity index (χ2v) is 6.16. The fourth-order valence-corrected chi connectivity index (χ4v) is 3.09. The molecule has 2 atom stereocenters. The van der Waals surface area contributed by atoms with Gasteiger partial charge in [0.15, 0.2) is 0 Å². The largest absolute Gasteiger partial charge is 0.381 e. The summed E-state index contributed by atoms with van der Waals surface area (Å²) >= 11 is 0. The Hall–Kier alpha value is -0.340. The van der Waals surface area contributed by atoms with Gasteiger partial charge in [-0.2, -0.15) is 0 Å². The molecule has 0 spiro atoms. The molecule has 0 radical (unpaired) electrons. The molecule has 2 heteroatoms. The van der Waals surface area contributed by atoms with E-state index in [4.69, 9.17) is 4.74 Å². The van der Waals surface area contributed by atoms with Gasteiger partial charge < -0.3 is 10.1 Å². The molecule has 0 bridgehead atoms. The summed E-state index contributed by atoms with van der Waals surface area (Å²) in [5.41, 5.74) is 1.89. The number of ether oxygens (including phenoxy) is 1. The van der Waals surface area contributed by atoms with Gasteiger partial charge in [0.1, 0.15) is 0 Å². The quantitative estimate of drug-likeness (QED) is 0.761. The lowest BCUT2D eigenvalue weighted by molar-refractivity contribution is 0.0432. The van der Waals surface area contributed by atoms with Crippen LogP contribution in [0.1, 0.15) is 46.5 Å². The molecule has 0 aromatic carbocycles. The van der Waals surface area contributed by atoms with Gasteiger partial charge in [-0.15, -0.1) is 0 Å². The Bertz CT molecular complexity index is 279. The lowest BCUT2D eigenvalue weighted by atomic mass is 9.79. The first-order valence-electron chi connectivity index (χ1n) is 7.10. The zero-order valence-electron chi connectivity index (χ0n) is 11.6. The topological polar surface area (TPSA) is 21.3 Å². The van der Waals surface area contributed by atoms with E-state index in [9.17, 15) is 0 Å². The second-order valence-electron chi connectivity index (χ2n) is 6.16. The highest BCUT2D eigenvalue weighted by Gasteiger charge is 2.29. The van der Waals surface area contributed by atoms with E-state index in [0.29, 0.717) is 5.54 Å². The maximum atomic E-state index is 5.45. The van der Waals surface area contributed by atoms with Crippen LogP contribution in [0.15, 0.2) is 11.6 Å². The number of rotatable bonds is 3. The van der Waals surface area contributed by atoms with Gasteiger partial charge in [-0.1, -0.05) is 18.6 Å². The van der Waals surface area contributed by atoms with Crippen molar-refractivity contribution in [1.82, 2.24) is 5.32 Å². The van der Waals surface area contributed by atoms with E-state index in [1.54, 1.807) is 5.57 Å². The molecule has 0 saturated carbocycles. The van der Waals surface area contributed by atoms with Gasteiger partial charge in [0.2, 0.25) is 0 Å². The van der Waals surface area contributed by atoms with Gasteiger partial charge in [0, 0.05) is 25.3 Å². The summed E-state index contributed by atoms with van der Waals surface area (Å²) in [7, 11) is 0. The summed E-state index contributed by atoms with van der Waals surface area (Å²) in [5.74, 6) is 1.57. The van der Waals surface area contributed by atoms with Crippen LogP contribution in [0.3, 0.4) is 0 Å². The number of nitrogens with one attached hydrogen (secondary N) is 1. The van der Waals surface area contributed by atoms with Gasteiger partial charge >= 0.3 is 0 Å². The van der Waals surface area contributed by atoms with Crippen molar-refractivity contribution in [2.75, 3.05) is 19.8 Å². The van der Waals surface area contributed by atoms with Gasteiger partial charge in [-0.3, -0.25) is 0 Å². The first-order chi connectivity index (χ1) is 8.11. The molecule has 2 aliphatic rings. The van der Waals surface area contributed by atoms with Crippen LogP contribution >= 0.6 is 0 Å². The molecule has 0 unspecified atom stereocenters. The average molecular weight is 237 g/mol. The van der Waals surface area contributed by atoms with E-state index in [-0.39, 0.29) is 0 Å². The third kappa shape index (κ3) is 3.32. The van der Waals surface area contributed by atoms with E-state index >= 15 is 0 Å². The third-order valence-corrected chi connectivity index (χ3v) is 4.71. The summed E-state index contributed by atoms with van der Waals surface area (Å²) in [5, 5.41) is 3.81. The minimum Gasteiger partial charge on any atom is -0.381 e. The van der Waals surface area contributed by atoms with Crippen molar-refractivity contribution in [2.24, 2.45) is 11.8 Å². The average Bonchev–Trinajstić information content (AvgIpc) is 2.29. The molecule has 0 amide bonds. The first kappa shape index (κ1) is 13.1. The molecule has 1 saturated heterocycles. The summed E-state index contributed by atoms with van der Waals surface area (Å²) < 4.78 is 5.45. The zero-order chi connectivity index (χ0) is 12.3. The van der Waals surface area contributed by atoms with Crippen molar-refractivity contribution < 1.29 is 4.74 Å². The molecule has 0 aromatic heterocycles. The van der Waals surface area contributed by atoms with E-state index in [2.05, 4.69) is 32.2 Å². The van der Waals surface area contributed by atoms with E-state index in [1.165, 1.54) is 12.8 Å². The van der Waals surface area contributed by atoms with E-state index in [1.807, 2.05) is 0 Å². The van der Waals surface area contributed by atoms with Crippen molar-refractivity contribution in [3.05, 3.63) is 11.6 Å². The summed E-state index contributed by atoms with van der Waals surface area (Å²) in [6, 6.07) is 0. The standard InChI is InChI=1S/C15H27NO/c1-12-5-4-6-13(2)14(12)11-16-15(3)7-9-17-10-8-15/h5,13-14,16H,4,6-11H2,1-3H3/t13-,14+/m1/s1. The van der Waals surface area contributed by atoms with Crippen LogP contribution in [-0.2, 0) is 4.74 Å². The Morgan fingerprint density at radius 3 is 2.76 bits per heavy atom. The molecular formula is C15H27NO. The van der Waals surface area contributed by atoms with Gasteiger partial charge in [0.25, 0.3) is 0 Å². The van der Waals surface area contributed by atoms with E-state index < -0.39 is 0 Å². The van der Waals surface area contributed by atoms with Crippen LogP contribution < -0.4 is 5.32 Å². The Morgan fingerprint density at radius 1 is 1.41 bits per heavy atom. The maximum Gasteiger partial charge on any atom is 0.0483 e. The molecule has 1 aliphatic carbocycles. The fraction of sp³-hybridized carbons (Fsp3) is 0.867. The van der Waals surface area contributed by atoms with Crippen molar-refractivity contribution >= 4 is 0 Å². The Balaban J connectivity index is 1.88. The molecule has 0 aromatic rings. The lowest BCUT2D eigenvalue weighted by Gasteiger charge is -2.38. The molecule has 1 N–H and O–H groups in total. The SMILES string of the molecule is CC1=CCC[C@@H](C)[C@H]1CNC1(C)CCOCC1. The normalized spacial score (nSPS) is 33.2. The van der Waals surface area contributed by atoms with Crippen LogP contribution in [0, 0.1) is 11.8 Å². The Labute approximate surface area is 106 Å². The molecule has 2 rings (SSSR count). The molecule has 1 aliphatic heterocycles. The van der Waals surface area contributed by atoms with Crippen molar-refractivity contribution in [1.29, 1.82) is 0 Å². The lowest BCUT2D eigenvalue weighted by Crippen LogP contribution is -2.49. The molecule has 1 heterocycles. The van der Waals surface area contributed by atoms with Crippen LogP contribution in [0.4, 0.5) is 0 Å². The second kappa shape index (κ2) is 5.53. The predicted molar refractivity (Wildman–Crippen MR) is 72.1 cm³/mol. The van der Waals surface area contributed by atoms with Gasteiger partial charge in [-0.25, -0.2) is 0 Å². The molecule has 98 valence electrons. The van der Waals surface area contributed by atoms with Crippen LogP contribution in [0.5, 0.6) is 0 Å². The van der Waals surface area contributed by atoms with Crippen molar-refractivity contribution in [2.45, 2.75) is 52.0 Å². The summed E-state index contributed by atoms with van der Waals surface area (Å²) in [6.45, 7) is 10.0. The number of allylic oxidation sites excluding steroid dienone is 1. The number of hydrogen-bond acceptors (Lipinski definition) is 2. The minimum absolute atomic E-state index is 0.301. The van der Waals surface area contributed by atoms with Crippen LogP contribution in [0.2, 0.25) is 0 Å². The Kier molecular flexibility index (Phi) is 4.26. The zero-order valence-corrected chi connectivity index (χ0v) is 11.6. The highest BCUT2D eigenvalue weighted by molar-refractivity contribution is 5.09. The van der Waals surface area contributed by atoms with E-state index in [0.717, 1.165) is 44.4 Å². The summed E-state index contributed by atoms with van der Waals surface area (Å²) in [6.07, 6.45) is 7.35. The van der Waals surface area contributed by atoms with Gasteiger partial charge in [-0.05, 0) is 51.4 Å².